The van der Waals surface area contributed by atoms with Crippen LogP contribution >= 0.6 is 0 Å². The minimum atomic E-state index is -0.0207. The van der Waals surface area contributed by atoms with Crippen molar-refractivity contribution in [1.29, 1.82) is 0 Å². The maximum Gasteiger partial charge on any atom is 0.131 e. The van der Waals surface area contributed by atoms with E-state index in [0.717, 1.165) is 72.4 Å². The second-order valence-electron chi connectivity index (χ2n) is 15.7. The maximum atomic E-state index is 6.77. The van der Waals surface area contributed by atoms with Gasteiger partial charge >= 0.3 is 0 Å². The lowest BCUT2D eigenvalue weighted by atomic mass is 9.91. The fourth-order valence-electron chi connectivity index (χ4n) is 9.12. The van der Waals surface area contributed by atoms with Crippen molar-refractivity contribution in [3.05, 3.63) is 259 Å². The predicted molar refractivity (Wildman–Crippen MR) is 264 cm³/mol. The van der Waals surface area contributed by atoms with Gasteiger partial charge in [-0.15, -0.1) is 0 Å². The van der Waals surface area contributed by atoms with Crippen LogP contribution in [0, 0.1) is 0 Å². The lowest BCUT2D eigenvalue weighted by Crippen LogP contribution is -2.35. The normalized spacial score (nSPS) is 15.5. The molecule has 0 spiro atoms. The summed E-state index contributed by atoms with van der Waals surface area (Å²) in [6, 6.07) is 58.1. The molecule has 1 aromatic heterocycles. The van der Waals surface area contributed by atoms with Crippen molar-refractivity contribution >= 4 is 49.8 Å². The van der Waals surface area contributed by atoms with E-state index in [1.54, 1.807) is 0 Å². The molecule has 0 radical (unpaired) electrons. The summed E-state index contributed by atoms with van der Waals surface area (Å²) >= 11 is 0. The van der Waals surface area contributed by atoms with E-state index in [4.69, 9.17) is 10.7 Å². The minimum Gasteiger partial charge on any atom is -0.383 e. The van der Waals surface area contributed by atoms with Crippen molar-refractivity contribution in [2.24, 2.45) is 10.7 Å². The van der Waals surface area contributed by atoms with Crippen molar-refractivity contribution < 1.29 is 0 Å². The molecule has 1 atom stereocenters. The Morgan fingerprint density at radius 2 is 1.34 bits per heavy atom. The zero-order valence-corrected chi connectivity index (χ0v) is 34.7. The van der Waals surface area contributed by atoms with Crippen LogP contribution in [0.5, 0.6) is 0 Å². The van der Waals surface area contributed by atoms with Gasteiger partial charge in [-0.1, -0.05) is 183 Å². The largest absolute Gasteiger partial charge is 0.383 e. The quantitative estimate of drug-likeness (QED) is 0.111. The van der Waals surface area contributed by atoms with Gasteiger partial charge in [-0.25, -0.2) is 4.99 Å². The molecule has 2 aliphatic rings. The number of rotatable bonds is 10. The highest BCUT2D eigenvalue weighted by Crippen LogP contribution is 2.42. The van der Waals surface area contributed by atoms with E-state index in [1.165, 1.54) is 21.9 Å². The van der Waals surface area contributed by atoms with Gasteiger partial charge in [0.15, 0.2) is 0 Å². The number of anilines is 1. The maximum absolute atomic E-state index is 6.77. The number of aromatic nitrogens is 1. The molecule has 10 rings (SSSR count). The lowest BCUT2D eigenvalue weighted by Gasteiger charge is -2.36. The molecule has 1 aliphatic carbocycles. The average Bonchev–Trinajstić information content (AvgIpc) is 3.51. The highest BCUT2D eigenvalue weighted by molar-refractivity contribution is 6.10. The third kappa shape index (κ3) is 7.02. The van der Waals surface area contributed by atoms with Crippen molar-refractivity contribution in [1.82, 2.24) is 4.57 Å². The van der Waals surface area contributed by atoms with Crippen molar-refractivity contribution in [3.8, 4) is 16.8 Å². The minimum absolute atomic E-state index is 0.0207. The van der Waals surface area contributed by atoms with Gasteiger partial charge in [0.1, 0.15) is 5.84 Å². The fraction of sp³-hybridized carbons (Fsp3) is 0.0517. The molecule has 8 aromatic rings. The van der Waals surface area contributed by atoms with Crippen LogP contribution in [-0.2, 0) is 6.42 Å². The Balaban J connectivity index is 1.21. The third-order valence-corrected chi connectivity index (χ3v) is 11.9. The van der Waals surface area contributed by atoms with Crippen LogP contribution in [0.4, 0.5) is 5.69 Å². The van der Waals surface area contributed by atoms with Gasteiger partial charge in [-0.05, 0) is 88.9 Å². The smallest absolute Gasteiger partial charge is 0.131 e. The molecule has 1 aliphatic heterocycles. The number of benzene rings is 7. The number of nitrogens with two attached hydrogens (primary N) is 1. The Morgan fingerprint density at radius 1 is 0.694 bits per heavy atom. The molecule has 7 aromatic carbocycles. The Bertz CT molecular complexity index is 3190. The SMILES string of the molecule is C=CC1=C(/C=C\C)C2=CC(C=CC=C2)N1c1cc(-c2ccc(C(=C/Cc3ccccc3)/N=C(\N)c3ccccc3)c3ccccc23)cc(-n2c3ccccc3c3ccccc32)c1. The van der Waals surface area contributed by atoms with Gasteiger partial charge in [0.05, 0.1) is 22.8 Å². The number of hydrogen-bond donors (Lipinski definition) is 1. The molecule has 0 amide bonds. The number of allylic oxidation sites excluding steroid dienone is 9. The Morgan fingerprint density at radius 3 is 2.05 bits per heavy atom. The predicted octanol–water partition coefficient (Wildman–Crippen LogP) is 13.9. The molecule has 62 heavy (non-hydrogen) atoms. The number of nitrogens with zero attached hydrogens (tertiary/aromatic N) is 3. The summed E-state index contributed by atoms with van der Waals surface area (Å²) in [5.74, 6) is 0.478. The van der Waals surface area contributed by atoms with Gasteiger partial charge in [0.2, 0.25) is 0 Å². The van der Waals surface area contributed by atoms with Gasteiger partial charge in [-0.3, -0.25) is 0 Å². The van der Waals surface area contributed by atoms with Crippen LogP contribution in [0.1, 0.15) is 23.6 Å². The van der Waals surface area contributed by atoms with Gasteiger partial charge < -0.3 is 15.2 Å². The summed E-state index contributed by atoms with van der Waals surface area (Å²) in [5, 5.41) is 4.67. The molecule has 298 valence electrons. The van der Waals surface area contributed by atoms with E-state index in [-0.39, 0.29) is 6.04 Å². The lowest BCUT2D eigenvalue weighted by molar-refractivity contribution is 0.878. The summed E-state index contributed by atoms with van der Waals surface area (Å²) in [6.45, 7) is 6.46. The monoisotopic (exact) mass is 798 g/mol. The molecule has 2 heterocycles. The molecule has 0 saturated carbocycles. The van der Waals surface area contributed by atoms with Crippen LogP contribution in [-0.4, -0.2) is 16.4 Å². The summed E-state index contributed by atoms with van der Waals surface area (Å²) < 4.78 is 2.42. The first-order valence-corrected chi connectivity index (χ1v) is 21.2. The van der Waals surface area contributed by atoms with E-state index < -0.39 is 0 Å². The molecule has 1 unspecified atom stereocenters. The highest BCUT2D eigenvalue weighted by Gasteiger charge is 2.28. The Kier molecular flexibility index (Phi) is 10.2. The van der Waals surface area contributed by atoms with Crippen LogP contribution in [0.25, 0.3) is 55.1 Å². The van der Waals surface area contributed by atoms with E-state index in [9.17, 15) is 0 Å². The molecule has 2 N–H and O–H groups in total. The molecular formula is C58H46N4. The second-order valence-corrected chi connectivity index (χ2v) is 15.7. The molecule has 2 bridgehead atoms. The van der Waals surface area contributed by atoms with Gasteiger partial charge in [-0.2, -0.15) is 0 Å². The molecule has 4 heteroatoms. The van der Waals surface area contributed by atoms with Crippen molar-refractivity contribution in [2.75, 3.05) is 4.90 Å². The first-order chi connectivity index (χ1) is 30.6. The number of hydrogen-bond acceptors (Lipinski definition) is 2. The number of aliphatic imine (C=N–C) groups is 1. The number of para-hydroxylation sites is 2. The van der Waals surface area contributed by atoms with Gasteiger partial charge in [0.25, 0.3) is 0 Å². The van der Waals surface area contributed by atoms with Gasteiger partial charge in [0, 0.05) is 44.5 Å². The van der Waals surface area contributed by atoms with Crippen LogP contribution in [0.2, 0.25) is 0 Å². The fourth-order valence-corrected chi connectivity index (χ4v) is 9.12. The van der Waals surface area contributed by atoms with Crippen LogP contribution in [0.3, 0.4) is 0 Å². The summed E-state index contributed by atoms with van der Waals surface area (Å²) in [5.41, 5.74) is 20.8. The standard InChI is InChI=1S/C58H46N4/c1-3-19-48-42-24-11-12-25-44(36-42)61(55(48)4-2)45-37-43(38-46(39-45)62-56-30-17-15-28-52(56)53-29-16-18-31-57(53)62)47-33-34-51(50-27-14-13-26-49(47)50)54(35-32-40-20-7-5-8-21-40)60-58(59)41-22-9-6-10-23-41/h3-31,33-39,44H,2,32H2,1H3,(H2,59,60)/b19-3-,54-35-. The molecular weight excluding hydrogens is 753 g/mol. The van der Waals surface area contributed by atoms with Crippen LogP contribution in [0.15, 0.2) is 247 Å². The van der Waals surface area contributed by atoms with E-state index in [0.29, 0.717) is 12.3 Å². The van der Waals surface area contributed by atoms with E-state index >= 15 is 0 Å². The first kappa shape index (κ1) is 38.3. The average molecular weight is 799 g/mol. The van der Waals surface area contributed by atoms with E-state index in [2.05, 4.69) is 199 Å². The zero-order valence-electron chi connectivity index (χ0n) is 34.7. The molecule has 0 fully saturated rings. The summed E-state index contributed by atoms with van der Waals surface area (Å²) in [6.07, 6.45) is 20.3. The van der Waals surface area contributed by atoms with Crippen molar-refractivity contribution in [3.63, 3.8) is 0 Å². The Hall–Kier alpha value is -7.95. The second kappa shape index (κ2) is 16.6. The first-order valence-electron chi connectivity index (χ1n) is 21.2. The topological polar surface area (TPSA) is 46.5 Å². The molecule has 4 nitrogen and oxygen atoms in total. The summed E-state index contributed by atoms with van der Waals surface area (Å²) in [7, 11) is 0. The van der Waals surface area contributed by atoms with Crippen molar-refractivity contribution in [2.45, 2.75) is 19.4 Å². The number of amidine groups is 1. The third-order valence-electron chi connectivity index (χ3n) is 11.9. The summed E-state index contributed by atoms with van der Waals surface area (Å²) in [4.78, 5) is 7.58. The Labute approximate surface area is 363 Å². The zero-order chi connectivity index (χ0) is 42.0. The van der Waals surface area contributed by atoms with Crippen LogP contribution < -0.4 is 10.6 Å². The number of fused-ring (bicyclic) bond motifs is 5. The van der Waals surface area contributed by atoms with E-state index in [1.807, 2.05) is 42.5 Å². The highest BCUT2D eigenvalue weighted by atomic mass is 15.2. The molecule has 0 saturated heterocycles.